The molecule has 0 radical (unpaired) electrons. The molecular weight excluding hydrogens is 332 g/mol. The smallest absolute Gasteiger partial charge is 0.292 e. The van der Waals surface area contributed by atoms with Crippen LogP contribution in [0.5, 0.6) is 23.0 Å². The maximum atomic E-state index is 8.61. The molecule has 0 fully saturated rings. The number of aryl methyl sites for hydroxylation is 2. The van der Waals surface area contributed by atoms with Crippen molar-refractivity contribution >= 4 is 0 Å². The molecule has 0 unspecified atom stereocenters. The molecule has 26 heavy (non-hydrogen) atoms. The largest absolute Gasteiger partial charge is 0.493 e. The predicted octanol–water partition coefficient (Wildman–Crippen LogP) is 3.99. The number of nitriles is 2. The van der Waals surface area contributed by atoms with Crippen LogP contribution in [0.1, 0.15) is 24.0 Å². The molecule has 0 saturated carbocycles. The molecule has 0 saturated heterocycles. The maximum absolute atomic E-state index is 8.61. The maximum Gasteiger partial charge on any atom is 0.292 e. The quantitative estimate of drug-likeness (QED) is 0.501. The summed E-state index contributed by atoms with van der Waals surface area (Å²) >= 11 is 0. The highest BCUT2D eigenvalue weighted by Crippen LogP contribution is 2.30. The third-order valence-corrected chi connectivity index (χ3v) is 3.95. The second-order valence-corrected chi connectivity index (χ2v) is 5.56. The number of methoxy groups -OCH3 is 2. The van der Waals surface area contributed by atoms with E-state index in [1.54, 1.807) is 38.9 Å². The SMILES string of the molecule is COc1cc(CCCCc2ccc(OC#N)c(OC)c2)ccc1OC#N. The van der Waals surface area contributed by atoms with Gasteiger partial charge in [0.25, 0.3) is 12.5 Å². The van der Waals surface area contributed by atoms with Gasteiger partial charge in [0.2, 0.25) is 0 Å². The number of hydrogen-bond donors (Lipinski definition) is 0. The standard InChI is InChI=1S/C20H20N2O4/c1-23-19-11-15(7-9-17(19)25-13-21)5-3-4-6-16-8-10-18(26-14-22)20(12-16)24-2/h7-12H,3-6H2,1-2H3. The zero-order chi connectivity index (χ0) is 18.8. The van der Waals surface area contributed by atoms with Crippen molar-refractivity contribution in [1.29, 1.82) is 10.5 Å². The van der Waals surface area contributed by atoms with Gasteiger partial charge in [0.05, 0.1) is 14.2 Å². The van der Waals surface area contributed by atoms with Gasteiger partial charge in [-0.2, -0.15) is 0 Å². The van der Waals surface area contributed by atoms with Crippen molar-refractivity contribution in [3.63, 3.8) is 0 Å². The molecule has 0 spiro atoms. The van der Waals surface area contributed by atoms with E-state index in [2.05, 4.69) is 0 Å². The van der Waals surface area contributed by atoms with Gasteiger partial charge in [-0.1, -0.05) is 12.1 Å². The summed E-state index contributed by atoms with van der Waals surface area (Å²) < 4.78 is 20.2. The number of unbranched alkanes of at least 4 members (excludes halogenated alkanes) is 1. The molecule has 0 bridgehead atoms. The van der Waals surface area contributed by atoms with Crippen LogP contribution in [0.3, 0.4) is 0 Å². The predicted molar refractivity (Wildman–Crippen MR) is 95.1 cm³/mol. The zero-order valence-corrected chi connectivity index (χ0v) is 14.8. The first-order valence-corrected chi connectivity index (χ1v) is 8.17. The third-order valence-electron chi connectivity index (χ3n) is 3.95. The Morgan fingerprint density at radius 3 is 1.46 bits per heavy atom. The molecule has 0 N–H and O–H groups in total. The molecule has 0 atom stereocenters. The van der Waals surface area contributed by atoms with E-state index in [0.717, 1.165) is 36.8 Å². The Morgan fingerprint density at radius 2 is 1.12 bits per heavy atom. The highest BCUT2D eigenvalue weighted by atomic mass is 16.5. The van der Waals surface area contributed by atoms with Gasteiger partial charge in [-0.3, -0.25) is 0 Å². The van der Waals surface area contributed by atoms with Crippen LogP contribution in [0.2, 0.25) is 0 Å². The van der Waals surface area contributed by atoms with E-state index < -0.39 is 0 Å². The second kappa shape index (κ2) is 9.80. The highest BCUT2D eigenvalue weighted by molar-refractivity contribution is 5.44. The number of nitrogens with zero attached hydrogens (tertiary/aromatic N) is 2. The van der Waals surface area contributed by atoms with Crippen LogP contribution in [0.15, 0.2) is 36.4 Å². The Bertz CT molecular complexity index is 752. The van der Waals surface area contributed by atoms with Crippen LogP contribution < -0.4 is 18.9 Å². The summed E-state index contributed by atoms with van der Waals surface area (Å²) in [4.78, 5) is 0. The highest BCUT2D eigenvalue weighted by Gasteiger charge is 2.08. The van der Waals surface area contributed by atoms with Crippen LogP contribution in [-0.4, -0.2) is 14.2 Å². The van der Waals surface area contributed by atoms with E-state index in [1.165, 1.54) is 0 Å². The molecule has 0 aliphatic rings. The van der Waals surface area contributed by atoms with E-state index in [0.29, 0.717) is 23.0 Å². The molecule has 0 amide bonds. The Kier molecular flexibility index (Phi) is 7.15. The zero-order valence-electron chi connectivity index (χ0n) is 14.8. The summed E-state index contributed by atoms with van der Waals surface area (Å²) in [5, 5.41) is 17.2. The molecule has 0 aromatic heterocycles. The van der Waals surface area contributed by atoms with Crippen molar-refractivity contribution in [1.82, 2.24) is 0 Å². The van der Waals surface area contributed by atoms with E-state index in [-0.39, 0.29) is 0 Å². The van der Waals surface area contributed by atoms with Crippen LogP contribution in [0, 0.1) is 23.0 Å². The van der Waals surface area contributed by atoms with Gasteiger partial charge in [0.1, 0.15) is 0 Å². The lowest BCUT2D eigenvalue weighted by Gasteiger charge is -2.09. The molecule has 6 nitrogen and oxygen atoms in total. The van der Waals surface area contributed by atoms with Gasteiger partial charge in [-0.15, -0.1) is 10.5 Å². The monoisotopic (exact) mass is 352 g/mol. The summed E-state index contributed by atoms with van der Waals surface area (Å²) in [6, 6.07) is 11.2. The Morgan fingerprint density at radius 1 is 0.692 bits per heavy atom. The van der Waals surface area contributed by atoms with Crippen molar-refractivity contribution in [3.8, 4) is 35.5 Å². The number of benzene rings is 2. The molecule has 2 aromatic rings. The van der Waals surface area contributed by atoms with E-state index in [4.69, 9.17) is 29.5 Å². The number of hydrogen-bond acceptors (Lipinski definition) is 6. The van der Waals surface area contributed by atoms with Gasteiger partial charge >= 0.3 is 0 Å². The Hall–Kier alpha value is -3.38. The van der Waals surface area contributed by atoms with Gasteiger partial charge in [0, 0.05) is 0 Å². The average Bonchev–Trinajstić information content (AvgIpc) is 2.67. The normalized spacial score (nSPS) is 9.69. The average molecular weight is 352 g/mol. The van der Waals surface area contributed by atoms with Gasteiger partial charge in [-0.25, -0.2) is 0 Å². The minimum atomic E-state index is 0.422. The summed E-state index contributed by atoms with van der Waals surface area (Å²) in [5.74, 6) is 1.96. The first kappa shape index (κ1) is 19.0. The van der Waals surface area contributed by atoms with Crippen LogP contribution in [0.25, 0.3) is 0 Å². The lowest BCUT2D eigenvalue weighted by Crippen LogP contribution is -1.95. The Balaban J connectivity index is 1.89. The Labute approximate surface area is 153 Å². The molecule has 2 rings (SSSR count). The van der Waals surface area contributed by atoms with Gasteiger partial charge in [0.15, 0.2) is 23.0 Å². The molecule has 6 heteroatoms. The van der Waals surface area contributed by atoms with Crippen molar-refractivity contribution in [2.45, 2.75) is 25.7 Å². The topological polar surface area (TPSA) is 84.5 Å². The first-order valence-electron chi connectivity index (χ1n) is 8.17. The number of rotatable bonds is 9. The fraction of sp³-hybridized carbons (Fsp3) is 0.300. The fourth-order valence-corrected chi connectivity index (χ4v) is 2.66. The molecule has 0 aliphatic heterocycles. The summed E-state index contributed by atoms with van der Waals surface area (Å²) in [7, 11) is 3.10. The molecule has 2 aromatic carbocycles. The summed E-state index contributed by atoms with van der Waals surface area (Å²) in [5.41, 5.74) is 2.25. The van der Waals surface area contributed by atoms with Gasteiger partial charge < -0.3 is 18.9 Å². The van der Waals surface area contributed by atoms with Crippen molar-refractivity contribution < 1.29 is 18.9 Å². The van der Waals surface area contributed by atoms with Crippen LogP contribution in [-0.2, 0) is 12.8 Å². The number of ether oxygens (including phenoxy) is 4. The van der Waals surface area contributed by atoms with Gasteiger partial charge in [-0.05, 0) is 61.1 Å². The molecule has 0 aliphatic carbocycles. The second-order valence-electron chi connectivity index (χ2n) is 5.56. The fourth-order valence-electron chi connectivity index (χ4n) is 2.66. The van der Waals surface area contributed by atoms with Crippen LogP contribution >= 0.6 is 0 Å². The minimum Gasteiger partial charge on any atom is -0.493 e. The summed E-state index contributed by atoms with van der Waals surface area (Å²) in [6.45, 7) is 0. The third kappa shape index (κ3) is 5.06. The molecular formula is C20H20N2O4. The molecule has 134 valence electrons. The van der Waals surface area contributed by atoms with Crippen molar-refractivity contribution in [2.24, 2.45) is 0 Å². The van der Waals surface area contributed by atoms with Crippen molar-refractivity contribution in [3.05, 3.63) is 47.5 Å². The van der Waals surface area contributed by atoms with E-state index in [1.807, 2.05) is 24.3 Å². The minimum absolute atomic E-state index is 0.422. The van der Waals surface area contributed by atoms with E-state index in [9.17, 15) is 0 Å². The lowest BCUT2D eigenvalue weighted by molar-refractivity contribution is 0.383. The summed E-state index contributed by atoms with van der Waals surface area (Å²) in [6.07, 6.45) is 7.10. The molecule has 0 heterocycles. The first-order chi connectivity index (χ1) is 12.7. The van der Waals surface area contributed by atoms with Crippen LogP contribution in [0.4, 0.5) is 0 Å². The van der Waals surface area contributed by atoms with E-state index >= 15 is 0 Å². The lowest BCUT2D eigenvalue weighted by atomic mass is 10.0. The van der Waals surface area contributed by atoms with Crippen molar-refractivity contribution in [2.75, 3.05) is 14.2 Å².